The summed E-state index contributed by atoms with van der Waals surface area (Å²) in [4.78, 5) is 18.8. The Kier molecular flexibility index (Phi) is 4.81. The minimum Gasteiger partial charge on any atom is -0.493 e. The number of aromatic amines is 1. The smallest absolute Gasteiger partial charge is 0.355 e. The Morgan fingerprint density at radius 2 is 2.21 bits per heavy atom. The lowest BCUT2D eigenvalue weighted by molar-refractivity contribution is 0.0423. The number of H-pyrrole nitrogens is 1. The Labute approximate surface area is 142 Å². The summed E-state index contributed by atoms with van der Waals surface area (Å²) < 4.78 is 15.7. The molecule has 0 fully saturated rings. The van der Waals surface area contributed by atoms with E-state index >= 15 is 0 Å². The first kappa shape index (κ1) is 16.1. The Hall–Kier alpha value is -2.80. The van der Waals surface area contributed by atoms with Gasteiger partial charge >= 0.3 is 5.97 Å². The minimum absolute atomic E-state index is 0.140. The predicted molar refractivity (Wildman–Crippen MR) is 85.8 cm³/mol. The number of benzene rings is 1. The zero-order chi connectivity index (χ0) is 16.9. The molecule has 24 heavy (non-hydrogen) atoms. The third-order valence-electron chi connectivity index (χ3n) is 3.09. The molecule has 1 aromatic carbocycles. The zero-order valence-corrected chi connectivity index (χ0v) is 13.5. The van der Waals surface area contributed by atoms with E-state index in [0.29, 0.717) is 28.8 Å². The predicted octanol–water partition coefficient (Wildman–Crippen LogP) is 3.47. The van der Waals surface area contributed by atoms with Crippen molar-refractivity contribution in [2.24, 2.45) is 0 Å². The molecule has 0 bridgehead atoms. The van der Waals surface area contributed by atoms with Crippen molar-refractivity contribution in [3.05, 3.63) is 53.1 Å². The summed E-state index contributed by atoms with van der Waals surface area (Å²) in [6.45, 7) is 2.28. The number of rotatable bonds is 6. The Balaban J connectivity index is 1.69. The zero-order valence-electron chi connectivity index (χ0n) is 12.8. The standard InChI is InChI=1S/C16H14ClN3O4/c1-2-22-13-6-4-3-5-11(13)15-19-14(24-20-15)9-23-16(21)12-7-10(17)8-18-12/h3-8,18H,2,9H2,1H3. The molecule has 0 aliphatic rings. The maximum atomic E-state index is 11.8. The van der Waals surface area contributed by atoms with Crippen molar-refractivity contribution < 1.29 is 18.8 Å². The number of para-hydroxylation sites is 1. The first-order valence-corrected chi connectivity index (χ1v) is 7.61. The molecule has 124 valence electrons. The minimum atomic E-state index is -0.559. The van der Waals surface area contributed by atoms with Gasteiger partial charge in [0, 0.05) is 6.20 Å². The normalized spacial score (nSPS) is 10.6. The van der Waals surface area contributed by atoms with Gasteiger partial charge in [-0.2, -0.15) is 4.98 Å². The van der Waals surface area contributed by atoms with Crippen molar-refractivity contribution in [3.63, 3.8) is 0 Å². The van der Waals surface area contributed by atoms with E-state index in [-0.39, 0.29) is 18.2 Å². The molecule has 0 aliphatic heterocycles. The first-order chi connectivity index (χ1) is 11.7. The van der Waals surface area contributed by atoms with Crippen LogP contribution in [0.1, 0.15) is 23.3 Å². The van der Waals surface area contributed by atoms with Crippen molar-refractivity contribution in [1.29, 1.82) is 0 Å². The van der Waals surface area contributed by atoms with Gasteiger partial charge in [-0.1, -0.05) is 28.9 Å². The molecule has 0 saturated heterocycles. The molecule has 3 rings (SSSR count). The van der Waals surface area contributed by atoms with Crippen molar-refractivity contribution in [2.75, 3.05) is 6.61 Å². The molecule has 0 amide bonds. The largest absolute Gasteiger partial charge is 0.493 e. The van der Waals surface area contributed by atoms with Gasteiger partial charge in [-0.25, -0.2) is 4.79 Å². The average Bonchev–Trinajstić information content (AvgIpc) is 3.22. The van der Waals surface area contributed by atoms with Crippen LogP contribution in [0.25, 0.3) is 11.4 Å². The van der Waals surface area contributed by atoms with E-state index in [9.17, 15) is 4.79 Å². The highest BCUT2D eigenvalue weighted by atomic mass is 35.5. The van der Waals surface area contributed by atoms with Gasteiger partial charge < -0.3 is 19.0 Å². The van der Waals surface area contributed by atoms with Crippen molar-refractivity contribution >= 4 is 17.6 Å². The van der Waals surface area contributed by atoms with Gasteiger partial charge in [-0.15, -0.1) is 0 Å². The van der Waals surface area contributed by atoms with Crippen LogP contribution in [0, 0.1) is 0 Å². The highest BCUT2D eigenvalue weighted by molar-refractivity contribution is 6.30. The number of aromatic nitrogens is 3. The van der Waals surface area contributed by atoms with Gasteiger partial charge in [0.2, 0.25) is 5.82 Å². The second-order valence-corrected chi connectivity index (χ2v) is 5.19. The second kappa shape index (κ2) is 7.18. The quantitative estimate of drug-likeness (QED) is 0.686. The molecular weight excluding hydrogens is 334 g/mol. The third-order valence-corrected chi connectivity index (χ3v) is 3.31. The molecule has 0 radical (unpaired) electrons. The van der Waals surface area contributed by atoms with Gasteiger partial charge in [-0.05, 0) is 25.1 Å². The third kappa shape index (κ3) is 3.57. The molecule has 0 saturated carbocycles. The summed E-state index contributed by atoms with van der Waals surface area (Å²) >= 11 is 5.74. The lowest BCUT2D eigenvalue weighted by atomic mass is 10.2. The van der Waals surface area contributed by atoms with Crippen LogP contribution in [0.15, 0.2) is 41.1 Å². The van der Waals surface area contributed by atoms with E-state index < -0.39 is 5.97 Å². The fourth-order valence-corrected chi connectivity index (χ4v) is 2.21. The van der Waals surface area contributed by atoms with Crippen LogP contribution in [0.5, 0.6) is 5.75 Å². The topological polar surface area (TPSA) is 90.2 Å². The van der Waals surface area contributed by atoms with Crippen molar-refractivity contribution in [3.8, 4) is 17.1 Å². The van der Waals surface area contributed by atoms with E-state index in [0.717, 1.165) is 0 Å². The van der Waals surface area contributed by atoms with Crippen LogP contribution < -0.4 is 4.74 Å². The Morgan fingerprint density at radius 1 is 1.38 bits per heavy atom. The van der Waals surface area contributed by atoms with Gasteiger partial charge in [0.1, 0.15) is 11.4 Å². The Bertz CT molecular complexity index is 843. The van der Waals surface area contributed by atoms with Gasteiger partial charge in [0.15, 0.2) is 6.61 Å². The summed E-state index contributed by atoms with van der Waals surface area (Å²) in [5.41, 5.74) is 0.957. The van der Waals surface area contributed by atoms with Crippen LogP contribution in [-0.4, -0.2) is 27.7 Å². The molecule has 0 aliphatic carbocycles. The van der Waals surface area contributed by atoms with Gasteiger partial charge in [-0.3, -0.25) is 0 Å². The molecule has 0 spiro atoms. The van der Waals surface area contributed by atoms with Crippen molar-refractivity contribution in [2.45, 2.75) is 13.5 Å². The molecule has 2 aromatic heterocycles. The van der Waals surface area contributed by atoms with Gasteiger partial charge in [0.05, 0.1) is 17.2 Å². The molecule has 0 unspecified atom stereocenters. The summed E-state index contributed by atoms with van der Waals surface area (Å²) in [5.74, 6) is 0.650. The summed E-state index contributed by atoms with van der Waals surface area (Å²) in [7, 11) is 0. The first-order valence-electron chi connectivity index (χ1n) is 7.23. The van der Waals surface area contributed by atoms with E-state index in [1.165, 1.54) is 12.3 Å². The highest BCUT2D eigenvalue weighted by Gasteiger charge is 2.15. The lowest BCUT2D eigenvalue weighted by Crippen LogP contribution is -2.05. The van der Waals surface area contributed by atoms with Crippen molar-refractivity contribution in [1.82, 2.24) is 15.1 Å². The average molecular weight is 348 g/mol. The van der Waals surface area contributed by atoms with Gasteiger partial charge in [0.25, 0.3) is 5.89 Å². The van der Waals surface area contributed by atoms with Crippen LogP contribution in [0.3, 0.4) is 0 Å². The molecule has 7 nitrogen and oxygen atoms in total. The second-order valence-electron chi connectivity index (χ2n) is 4.75. The lowest BCUT2D eigenvalue weighted by Gasteiger charge is -2.06. The fourth-order valence-electron chi connectivity index (χ4n) is 2.05. The van der Waals surface area contributed by atoms with Crippen LogP contribution >= 0.6 is 11.6 Å². The summed E-state index contributed by atoms with van der Waals surface area (Å²) in [6, 6.07) is 8.83. The number of hydrogen-bond acceptors (Lipinski definition) is 6. The van der Waals surface area contributed by atoms with E-state index in [2.05, 4.69) is 15.1 Å². The fraction of sp³-hybridized carbons (Fsp3) is 0.188. The van der Waals surface area contributed by atoms with Crippen LogP contribution in [0.2, 0.25) is 5.02 Å². The van der Waals surface area contributed by atoms with E-state index in [4.69, 9.17) is 25.6 Å². The van der Waals surface area contributed by atoms with Crippen LogP contribution in [-0.2, 0) is 11.3 Å². The Morgan fingerprint density at radius 3 is 2.96 bits per heavy atom. The highest BCUT2D eigenvalue weighted by Crippen LogP contribution is 2.27. The maximum absolute atomic E-state index is 11.8. The number of ether oxygens (including phenoxy) is 2. The van der Waals surface area contributed by atoms with E-state index in [1.807, 2.05) is 31.2 Å². The molecule has 3 aromatic rings. The molecule has 0 atom stereocenters. The number of nitrogens with zero attached hydrogens (tertiary/aromatic N) is 2. The number of carbonyl (C=O) groups excluding carboxylic acids is 1. The van der Waals surface area contributed by atoms with Crippen LogP contribution in [0.4, 0.5) is 0 Å². The van der Waals surface area contributed by atoms with E-state index in [1.54, 1.807) is 0 Å². The molecular formula is C16H14ClN3O4. The summed E-state index contributed by atoms with van der Waals surface area (Å²) in [5, 5.41) is 4.32. The number of hydrogen-bond donors (Lipinski definition) is 1. The summed E-state index contributed by atoms with van der Waals surface area (Å²) in [6.07, 6.45) is 1.49. The molecule has 2 heterocycles. The monoisotopic (exact) mass is 347 g/mol. The number of halogens is 1. The number of esters is 1. The molecule has 8 heteroatoms. The SMILES string of the molecule is CCOc1ccccc1-c1noc(COC(=O)c2cc(Cl)c[nH]2)n1. The number of nitrogens with one attached hydrogen (secondary N) is 1. The molecule has 1 N–H and O–H groups in total. The maximum Gasteiger partial charge on any atom is 0.355 e. The number of carbonyl (C=O) groups is 1.